The first-order valence-corrected chi connectivity index (χ1v) is 9.90. The van der Waals surface area contributed by atoms with Crippen LogP contribution in [0.25, 0.3) is 11.5 Å². The number of nitrogens with one attached hydrogen (secondary N) is 2. The van der Waals surface area contributed by atoms with Gasteiger partial charge in [-0.3, -0.25) is 9.59 Å². The highest BCUT2D eigenvalue weighted by Gasteiger charge is 2.73. The molecule has 1 saturated carbocycles. The minimum Gasteiger partial charge on any atom is -0.403 e. The van der Waals surface area contributed by atoms with Crippen LogP contribution in [-0.4, -0.2) is 51.0 Å². The predicted octanol–water partition coefficient (Wildman–Crippen LogP) is 3.14. The van der Waals surface area contributed by atoms with E-state index in [-0.39, 0.29) is 49.3 Å². The van der Waals surface area contributed by atoms with Gasteiger partial charge < -0.3 is 19.6 Å². The molecule has 4 rings (SSSR count). The van der Waals surface area contributed by atoms with E-state index in [1.54, 1.807) is 18.8 Å². The first-order chi connectivity index (χ1) is 14.8. The second kappa shape index (κ2) is 7.27. The molecule has 2 N–H and O–H groups in total. The fourth-order valence-electron chi connectivity index (χ4n) is 3.93. The fourth-order valence-corrected chi connectivity index (χ4v) is 3.93. The number of alkyl halides is 5. The van der Waals surface area contributed by atoms with Crippen LogP contribution in [0.3, 0.4) is 0 Å². The van der Waals surface area contributed by atoms with Gasteiger partial charge in [0.2, 0.25) is 5.91 Å². The summed E-state index contributed by atoms with van der Waals surface area (Å²) in [6.45, 7) is 3.67. The summed E-state index contributed by atoms with van der Waals surface area (Å²) in [6, 6.07) is 0.489. The van der Waals surface area contributed by atoms with E-state index in [0.717, 1.165) is 6.07 Å². The first kappa shape index (κ1) is 22.2. The lowest BCUT2D eigenvalue weighted by Gasteiger charge is -2.26. The molecule has 1 spiro atoms. The summed E-state index contributed by atoms with van der Waals surface area (Å²) in [4.78, 5) is 28.0. The third kappa shape index (κ3) is 3.84. The number of aromatic nitrogens is 3. The van der Waals surface area contributed by atoms with Crippen molar-refractivity contribution >= 4 is 11.9 Å². The SMILES string of the molecule is CC(C)[C@@H](Nc1nnc(-c2ccc(C(F)(F)F)[nH]c2=O)o1)C(=O)N1CC[C@@]2(C1)CC2(F)F. The standard InChI is InChI=1S/C19H20F5N5O3/c1-9(2)12(15(31)29-6-5-17(8-29)7-18(17,20)21)26-16-28-27-14(32-16)10-3-4-11(19(22,23)24)25-13(10)30/h3-4,9,12H,5-8H2,1-2H3,(H,25,30)(H,26,28)/t12-,17+/m1/s1. The van der Waals surface area contributed by atoms with Gasteiger partial charge in [-0.05, 0) is 24.5 Å². The van der Waals surface area contributed by atoms with Crippen LogP contribution in [0, 0.1) is 11.3 Å². The van der Waals surface area contributed by atoms with Crippen molar-refractivity contribution in [2.75, 3.05) is 18.4 Å². The molecule has 0 bridgehead atoms. The lowest BCUT2D eigenvalue weighted by atomic mass is 10.0. The highest BCUT2D eigenvalue weighted by atomic mass is 19.4. The number of pyridine rings is 1. The molecule has 1 saturated heterocycles. The Labute approximate surface area is 178 Å². The van der Waals surface area contributed by atoms with E-state index >= 15 is 0 Å². The van der Waals surface area contributed by atoms with Crippen LogP contribution >= 0.6 is 0 Å². The second-order valence-electron chi connectivity index (χ2n) is 8.56. The molecule has 0 aromatic carbocycles. The van der Waals surface area contributed by atoms with Crippen LogP contribution in [0.1, 0.15) is 32.4 Å². The number of hydrogen-bond donors (Lipinski definition) is 2. The molecule has 2 fully saturated rings. The molecule has 1 amide bonds. The minimum atomic E-state index is -4.72. The van der Waals surface area contributed by atoms with E-state index in [0.29, 0.717) is 6.07 Å². The Morgan fingerprint density at radius 1 is 1.28 bits per heavy atom. The number of aromatic amines is 1. The number of likely N-dealkylation sites (tertiary alicyclic amines) is 1. The monoisotopic (exact) mass is 461 g/mol. The highest BCUT2D eigenvalue weighted by Crippen LogP contribution is 2.65. The molecular formula is C19H20F5N5O3. The number of nitrogens with zero attached hydrogens (tertiary/aromatic N) is 3. The Kier molecular flexibility index (Phi) is 5.05. The van der Waals surface area contributed by atoms with Gasteiger partial charge in [0, 0.05) is 19.5 Å². The fraction of sp³-hybridized carbons (Fsp3) is 0.579. The van der Waals surface area contributed by atoms with Crippen molar-refractivity contribution in [3.05, 3.63) is 28.2 Å². The van der Waals surface area contributed by atoms with Gasteiger partial charge in [-0.1, -0.05) is 18.9 Å². The Hall–Kier alpha value is -2.99. The third-order valence-electron chi connectivity index (χ3n) is 5.96. The van der Waals surface area contributed by atoms with Gasteiger partial charge >= 0.3 is 12.2 Å². The zero-order valence-electron chi connectivity index (χ0n) is 17.1. The smallest absolute Gasteiger partial charge is 0.403 e. The second-order valence-corrected chi connectivity index (χ2v) is 8.56. The average molecular weight is 461 g/mol. The third-order valence-corrected chi connectivity index (χ3v) is 5.96. The summed E-state index contributed by atoms with van der Waals surface area (Å²) in [7, 11) is 0. The first-order valence-electron chi connectivity index (χ1n) is 9.90. The van der Waals surface area contributed by atoms with Crippen molar-refractivity contribution in [2.24, 2.45) is 11.3 Å². The number of halogens is 5. The molecule has 1 aliphatic carbocycles. The summed E-state index contributed by atoms with van der Waals surface area (Å²) in [5, 5.41) is 10.1. The highest BCUT2D eigenvalue weighted by molar-refractivity contribution is 5.85. The molecule has 0 radical (unpaired) electrons. The van der Waals surface area contributed by atoms with E-state index < -0.39 is 40.7 Å². The largest absolute Gasteiger partial charge is 0.431 e. The van der Waals surface area contributed by atoms with Gasteiger partial charge in [-0.2, -0.15) is 13.2 Å². The van der Waals surface area contributed by atoms with Crippen molar-refractivity contribution < 1.29 is 31.2 Å². The van der Waals surface area contributed by atoms with Crippen LogP contribution in [0.5, 0.6) is 0 Å². The summed E-state index contributed by atoms with van der Waals surface area (Å²) >= 11 is 0. The van der Waals surface area contributed by atoms with Crippen LogP contribution < -0.4 is 10.9 Å². The molecule has 2 atom stereocenters. The topological polar surface area (TPSA) is 104 Å². The molecular weight excluding hydrogens is 441 g/mol. The van der Waals surface area contributed by atoms with E-state index in [1.165, 1.54) is 4.90 Å². The van der Waals surface area contributed by atoms with Gasteiger partial charge in [0.1, 0.15) is 17.3 Å². The number of hydrogen-bond acceptors (Lipinski definition) is 6. The number of rotatable bonds is 5. The van der Waals surface area contributed by atoms with Gasteiger partial charge in [0.05, 0.1) is 5.41 Å². The molecule has 13 heteroatoms. The maximum atomic E-state index is 13.6. The van der Waals surface area contributed by atoms with Crippen molar-refractivity contribution in [1.29, 1.82) is 0 Å². The summed E-state index contributed by atoms with van der Waals surface area (Å²) in [5.41, 5.74) is -3.70. The molecule has 0 unspecified atom stereocenters. The van der Waals surface area contributed by atoms with Crippen LogP contribution in [0.2, 0.25) is 0 Å². The van der Waals surface area contributed by atoms with Crippen molar-refractivity contribution in [3.63, 3.8) is 0 Å². The lowest BCUT2D eigenvalue weighted by molar-refractivity contribution is -0.141. The molecule has 2 aromatic rings. The number of H-pyrrole nitrogens is 1. The van der Waals surface area contributed by atoms with Gasteiger partial charge in [0.15, 0.2) is 0 Å². The molecule has 2 aliphatic rings. The van der Waals surface area contributed by atoms with Crippen LogP contribution in [0.4, 0.5) is 28.0 Å². The number of carbonyl (C=O) groups excluding carboxylic acids is 1. The van der Waals surface area contributed by atoms with Crippen LogP contribution in [-0.2, 0) is 11.0 Å². The van der Waals surface area contributed by atoms with Gasteiger partial charge in [-0.15, -0.1) is 5.10 Å². The zero-order chi connectivity index (χ0) is 23.5. The Balaban J connectivity index is 1.49. The molecule has 32 heavy (non-hydrogen) atoms. The predicted molar refractivity (Wildman–Crippen MR) is 101 cm³/mol. The van der Waals surface area contributed by atoms with Crippen molar-refractivity contribution in [1.82, 2.24) is 20.1 Å². The molecule has 2 aromatic heterocycles. The number of carbonyl (C=O) groups is 1. The van der Waals surface area contributed by atoms with E-state index in [1.807, 2.05) is 0 Å². The maximum absolute atomic E-state index is 13.6. The van der Waals surface area contributed by atoms with Gasteiger partial charge in [-0.25, -0.2) is 8.78 Å². The van der Waals surface area contributed by atoms with Crippen molar-refractivity contribution in [2.45, 2.75) is 44.8 Å². The quantitative estimate of drug-likeness (QED) is 0.663. The zero-order valence-corrected chi connectivity index (χ0v) is 17.1. The van der Waals surface area contributed by atoms with Crippen LogP contribution in [0.15, 0.2) is 21.3 Å². The Bertz CT molecular complexity index is 1100. The molecule has 8 nitrogen and oxygen atoms in total. The molecule has 3 heterocycles. The van der Waals surface area contributed by atoms with E-state index in [9.17, 15) is 31.5 Å². The number of anilines is 1. The maximum Gasteiger partial charge on any atom is 0.431 e. The lowest BCUT2D eigenvalue weighted by Crippen LogP contribution is -2.45. The summed E-state index contributed by atoms with van der Waals surface area (Å²) in [6.07, 6.45) is -4.71. The minimum absolute atomic E-state index is 0.0280. The van der Waals surface area contributed by atoms with Crippen molar-refractivity contribution in [3.8, 4) is 11.5 Å². The Morgan fingerprint density at radius 2 is 1.97 bits per heavy atom. The van der Waals surface area contributed by atoms with E-state index in [2.05, 4.69) is 15.5 Å². The van der Waals surface area contributed by atoms with Gasteiger partial charge in [0.25, 0.3) is 17.4 Å². The average Bonchev–Trinajstić information content (AvgIpc) is 3.08. The molecule has 174 valence electrons. The summed E-state index contributed by atoms with van der Waals surface area (Å²) < 4.78 is 70.8. The normalized spacial score (nSPS) is 23.1. The van der Waals surface area contributed by atoms with E-state index in [4.69, 9.17) is 4.42 Å². The Morgan fingerprint density at radius 3 is 2.50 bits per heavy atom. The molecule has 1 aliphatic heterocycles. The number of amides is 1. The summed E-state index contributed by atoms with van der Waals surface area (Å²) in [5.74, 6) is -3.76.